The molecule has 138 valence electrons. The average Bonchev–Trinajstić information content (AvgIpc) is 2.64. The second kappa shape index (κ2) is 8.33. The van der Waals surface area contributed by atoms with Crippen molar-refractivity contribution in [3.8, 4) is 0 Å². The lowest BCUT2D eigenvalue weighted by Gasteiger charge is -2.29. The number of benzene rings is 1. The molecule has 26 heavy (non-hydrogen) atoms. The number of halogens is 1. The summed E-state index contributed by atoms with van der Waals surface area (Å²) in [4.78, 5) is 31.2. The smallest absolute Gasteiger partial charge is 0.255 e. The van der Waals surface area contributed by atoms with Gasteiger partial charge in [-0.25, -0.2) is 4.98 Å². The SMILES string of the molecule is Cc1cc(=O)n(CC(=O)NCc2ccc(Cl)cc2)c(N2CCOCC2)n1. The van der Waals surface area contributed by atoms with Gasteiger partial charge in [0.05, 0.1) is 13.2 Å². The fraction of sp³-hybridized carbons (Fsp3) is 0.389. The Labute approximate surface area is 156 Å². The Kier molecular flexibility index (Phi) is 5.90. The summed E-state index contributed by atoms with van der Waals surface area (Å²) in [7, 11) is 0. The van der Waals surface area contributed by atoms with Gasteiger partial charge >= 0.3 is 0 Å². The molecule has 0 atom stereocenters. The highest BCUT2D eigenvalue weighted by atomic mass is 35.5. The summed E-state index contributed by atoms with van der Waals surface area (Å²) in [5.74, 6) is 0.266. The largest absolute Gasteiger partial charge is 0.378 e. The molecule has 1 aromatic carbocycles. The maximum absolute atomic E-state index is 12.4. The van der Waals surface area contributed by atoms with Crippen LogP contribution in [0.2, 0.25) is 5.02 Å². The van der Waals surface area contributed by atoms with Crippen LogP contribution in [-0.4, -0.2) is 41.8 Å². The van der Waals surface area contributed by atoms with E-state index in [4.69, 9.17) is 16.3 Å². The first-order valence-electron chi connectivity index (χ1n) is 8.45. The molecule has 1 saturated heterocycles. The molecule has 1 aliphatic rings. The van der Waals surface area contributed by atoms with Gasteiger partial charge in [0.2, 0.25) is 11.9 Å². The number of hydrogen-bond donors (Lipinski definition) is 1. The topological polar surface area (TPSA) is 76.5 Å². The zero-order valence-corrected chi connectivity index (χ0v) is 15.3. The van der Waals surface area contributed by atoms with E-state index in [-0.39, 0.29) is 18.0 Å². The number of anilines is 1. The van der Waals surface area contributed by atoms with Gasteiger partial charge in [-0.15, -0.1) is 0 Å². The molecule has 3 rings (SSSR count). The van der Waals surface area contributed by atoms with Crippen molar-refractivity contribution in [2.75, 3.05) is 31.2 Å². The van der Waals surface area contributed by atoms with Crippen molar-refractivity contribution in [1.29, 1.82) is 0 Å². The molecule has 0 bridgehead atoms. The lowest BCUT2D eigenvalue weighted by Crippen LogP contribution is -2.42. The Hall–Kier alpha value is -2.38. The van der Waals surface area contributed by atoms with E-state index in [2.05, 4.69) is 10.3 Å². The van der Waals surface area contributed by atoms with E-state index in [0.717, 1.165) is 5.56 Å². The molecule has 1 amide bonds. The predicted octanol–water partition coefficient (Wildman–Crippen LogP) is 1.36. The maximum atomic E-state index is 12.4. The monoisotopic (exact) mass is 376 g/mol. The van der Waals surface area contributed by atoms with Crippen LogP contribution in [0.15, 0.2) is 35.1 Å². The molecular formula is C18H21ClN4O3. The summed E-state index contributed by atoms with van der Waals surface area (Å²) >= 11 is 5.86. The number of rotatable bonds is 5. The van der Waals surface area contributed by atoms with Gasteiger partial charge in [-0.3, -0.25) is 14.2 Å². The van der Waals surface area contributed by atoms with Crippen LogP contribution in [0.5, 0.6) is 0 Å². The van der Waals surface area contributed by atoms with Gasteiger partial charge in [0, 0.05) is 36.4 Å². The van der Waals surface area contributed by atoms with E-state index in [0.29, 0.717) is 49.5 Å². The summed E-state index contributed by atoms with van der Waals surface area (Å²) in [6.45, 7) is 4.50. The van der Waals surface area contributed by atoms with Gasteiger partial charge in [0.15, 0.2) is 0 Å². The fourth-order valence-corrected chi connectivity index (χ4v) is 2.89. The molecule has 0 spiro atoms. The van der Waals surface area contributed by atoms with E-state index >= 15 is 0 Å². The number of amides is 1. The van der Waals surface area contributed by atoms with Crippen LogP contribution in [0.25, 0.3) is 0 Å². The van der Waals surface area contributed by atoms with Gasteiger partial charge in [-0.2, -0.15) is 0 Å². The van der Waals surface area contributed by atoms with E-state index in [1.54, 1.807) is 19.1 Å². The molecule has 1 aliphatic heterocycles. The first-order valence-corrected chi connectivity index (χ1v) is 8.83. The van der Waals surface area contributed by atoms with E-state index in [1.165, 1.54) is 10.6 Å². The van der Waals surface area contributed by atoms with Crippen molar-refractivity contribution in [2.24, 2.45) is 0 Å². The minimum atomic E-state index is -0.248. The molecule has 0 aliphatic carbocycles. The zero-order chi connectivity index (χ0) is 18.5. The van der Waals surface area contributed by atoms with Crippen molar-refractivity contribution < 1.29 is 9.53 Å². The summed E-state index contributed by atoms with van der Waals surface area (Å²) in [6, 6.07) is 8.68. The zero-order valence-electron chi connectivity index (χ0n) is 14.6. The number of carbonyl (C=O) groups is 1. The van der Waals surface area contributed by atoms with Crippen LogP contribution in [-0.2, 0) is 22.6 Å². The second-order valence-electron chi connectivity index (χ2n) is 6.12. The molecule has 7 nitrogen and oxygen atoms in total. The minimum absolute atomic E-state index is 0.0770. The third kappa shape index (κ3) is 4.62. The van der Waals surface area contributed by atoms with Crippen LogP contribution in [0, 0.1) is 6.92 Å². The average molecular weight is 377 g/mol. The van der Waals surface area contributed by atoms with E-state index in [1.807, 2.05) is 17.0 Å². The summed E-state index contributed by atoms with van der Waals surface area (Å²) in [5.41, 5.74) is 1.33. The van der Waals surface area contributed by atoms with Gasteiger partial charge in [0.1, 0.15) is 6.54 Å². The quantitative estimate of drug-likeness (QED) is 0.852. The number of morpholine rings is 1. The van der Waals surface area contributed by atoms with Crippen LogP contribution in [0.4, 0.5) is 5.95 Å². The number of ether oxygens (including phenoxy) is 1. The normalized spacial score (nSPS) is 14.3. The van der Waals surface area contributed by atoms with Gasteiger partial charge in [-0.1, -0.05) is 23.7 Å². The van der Waals surface area contributed by atoms with Gasteiger partial charge in [-0.05, 0) is 24.6 Å². The molecule has 1 aromatic heterocycles. The number of carbonyl (C=O) groups excluding carboxylic acids is 1. The Morgan fingerprint density at radius 2 is 1.96 bits per heavy atom. The second-order valence-corrected chi connectivity index (χ2v) is 6.56. The molecule has 0 unspecified atom stereocenters. The Morgan fingerprint density at radius 3 is 2.65 bits per heavy atom. The highest BCUT2D eigenvalue weighted by Gasteiger charge is 2.19. The molecule has 1 N–H and O–H groups in total. The molecule has 8 heteroatoms. The highest BCUT2D eigenvalue weighted by molar-refractivity contribution is 6.30. The summed E-state index contributed by atoms with van der Waals surface area (Å²) in [5, 5.41) is 3.47. The van der Waals surface area contributed by atoms with Crippen LogP contribution < -0.4 is 15.8 Å². The Bertz CT molecular complexity index is 829. The number of nitrogens with zero attached hydrogens (tertiary/aromatic N) is 3. The van der Waals surface area contributed by atoms with Gasteiger partial charge < -0.3 is 15.0 Å². The minimum Gasteiger partial charge on any atom is -0.378 e. The fourth-order valence-electron chi connectivity index (χ4n) is 2.76. The van der Waals surface area contributed by atoms with Crippen molar-refractivity contribution in [2.45, 2.75) is 20.0 Å². The molecule has 1 fully saturated rings. The lowest BCUT2D eigenvalue weighted by molar-refractivity contribution is -0.121. The standard InChI is InChI=1S/C18H21ClN4O3/c1-13-10-17(25)23(18(21-13)22-6-8-26-9-7-22)12-16(24)20-11-14-2-4-15(19)5-3-14/h2-5,10H,6-9,11-12H2,1H3,(H,20,24). The van der Waals surface area contributed by atoms with Crippen molar-refractivity contribution in [3.05, 3.63) is 57.0 Å². The lowest BCUT2D eigenvalue weighted by atomic mass is 10.2. The van der Waals surface area contributed by atoms with Crippen LogP contribution in [0.3, 0.4) is 0 Å². The first-order chi connectivity index (χ1) is 12.5. The predicted molar refractivity (Wildman–Crippen MR) is 99.6 cm³/mol. The van der Waals surface area contributed by atoms with Crippen molar-refractivity contribution >= 4 is 23.5 Å². The Balaban J connectivity index is 1.72. The highest BCUT2D eigenvalue weighted by Crippen LogP contribution is 2.12. The third-order valence-electron chi connectivity index (χ3n) is 4.11. The molecular weight excluding hydrogens is 356 g/mol. The summed E-state index contributed by atoms with van der Waals surface area (Å²) < 4.78 is 6.77. The first kappa shape index (κ1) is 18.4. The third-order valence-corrected chi connectivity index (χ3v) is 4.37. The molecule has 2 heterocycles. The van der Waals surface area contributed by atoms with Gasteiger partial charge in [0.25, 0.3) is 5.56 Å². The van der Waals surface area contributed by atoms with Crippen LogP contribution in [0.1, 0.15) is 11.3 Å². The number of hydrogen-bond acceptors (Lipinski definition) is 5. The molecule has 2 aromatic rings. The van der Waals surface area contributed by atoms with Crippen LogP contribution >= 0.6 is 11.6 Å². The molecule has 0 saturated carbocycles. The maximum Gasteiger partial charge on any atom is 0.255 e. The summed E-state index contributed by atoms with van der Waals surface area (Å²) in [6.07, 6.45) is 0. The number of aryl methyl sites for hydroxylation is 1. The molecule has 0 radical (unpaired) electrons. The number of nitrogens with one attached hydrogen (secondary N) is 1. The Morgan fingerprint density at radius 1 is 1.27 bits per heavy atom. The van der Waals surface area contributed by atoms with Crippen molar-refractivity contribution in [3.63, 3.8) is 0 Å². The van der Waals surface area contributed by atoms with E-state index < -0.39 is 0 Å². The van der Waals surface area contributed by atoms with Crippen molar-refractivity contribution in [1.82, 2.24) is 14.9 Å². The number of aromatic nitrogens is 2. The van der Waals surface area contributed by atoms with E-state index in [9.17, 15) is 9.59 Å².